The Balaban J connectivity index is 1.82. The van der Waals surface area contributed by atoms with Gasteiger partial charge in [0, 0.05) is 35.3 Å². The Morgan fingerprint density at radius 3 is 2.55 bits per heavy atom. The number of anilines is 1. The number of nitrogens with zero attached hydrogens (tertiary/aromatic N) is 2. The molecule has 1 aromatic heterocycles. The molecule has 1 aliphatic rings. The predicted molar refractivity (Wildman–Crippen MR) is 114 cm³/mol. The summed E-state index contributed by atoms with van der Waals surface area (Å²) in [6, 6.07) is 9.27. The topological polar surface area (TPSA) is 82.5 Å². The second-order valence-electron chi connectivity index (χ2n) is 7.33. The Morgan fingerprint density at radius 1 is 1.10 bits per heavy atom. The van der Waals surface area contributed by atoms with Crippen LogP contribution >= 0.6 is 0 Å². The maximum atomic E-state index is 14.4. The van der Waals surface area contributed by atoms with Crippen LogP contribution in [0.3, 0.4) is 0 Å². The van der Waals surface area contributed by atoms with Crippen molar-refractivity contribution in [3.8, 4) is 11.1 Å². The van der Waals surface area contributed by atoms with Crippen molar-refractivity contribution in [3.05, 3.63) is 88.9 Å². The molecule has 31 heavy (non-hydrogen) atoms. The number of aromatic nitrogens is 1. The van der Waals surface area contributed by atoms with Crippen LogP contribution in [0.2, 0.25) is 0 Å². The van der Waals surface area contributed by atoms with Crippen molar-refractivity contribution in [2.75, 3.05) is 11.0 Å². The lowest BCUT2D eigenvalue weighted by Gasteiger charge is -2.31. The zero-order chi connectivity index (χ0) is 22.3. The van der Waals surface area contributed by atoms with Crippen molar-refractivity contribution in [1.82, 2.24) is 10.0 Å². The average Bonchev–Trinajstić information content (AvgIpc) is 2.67. The zero-order valence-corrected chi connectivity index (χ0v) is 17.5. The summed E-state index contributed by atoms with van der Waals surface area (Å²) in [5.74, 6) is -1.37. The van der Waals surface area contributed by atoms with E-state index >= 15 is 0 Å². The SMILES string of the molecule is Cc1cc(NS(C)(=O)=O)ccc1C1c2nccc(-c3ccc(F)cc3F)c2C=CN1O. The minimum Gasteiger partial charge on any atom is -0.288 e. The van der Waals surface area contributed by atoms with E-state index in [4.69, 9.17) is 0 Å². The van der Waals surface area contributed by atoms with Gasteiger partial charge in [-0.3, -0.25) is 20.0 Å². The van der Waals surface area contributed by atoms with Crippen molar-refractivity contribution in [3.63, 3.8) is 0 Å². The number of hydrogen-bond acceptors (Lipinski definition) is 5. The van der Waals surface area contributed by atoms with Gasteiger partial charge in [0.05, 0.1) is 11.9 Å². The van der Waals surface area contributed by atoms with E-state index in [9.17, 15) is 22.4 Å². The quantitative estimate of drug-likeness (QED) is 0.622. The highest BCUT2D eigenvalue weighted by Gasteiger charge is 2.29. The first-order valence-electron chi connectivity index (χ1n) is 9.32. The van der Waals surface area contributed by atoms with Crippen molar-refractivity contribution < 1.29 is 22.4 Å². The summed E-state index contributed by atoms with van der Waals surface area (Å²) in [7, 11) is -3.43. The number of hydrogen-bond donors (Lipinski definition) is 2. The van der Waals surface area contributed by atoms with Gasteiger partial charge < -0.3 is 0 Å². The summed E-state index contributed by atoms with van der Waals surface area (Å²) in [6.07, 6.45) is 5.63. The van der Waals surface area contributed by atoms with Crippen LogP contribution in [0, 0.1) is 18.6 Å². The molecule has 2 aromatic carbocycles. The number of pyridine rings is 1. The number of fused-ring (bicyclic) bond motifs is 1. The minimum atomic E-state index is -3.43. The number of nitrogens with one attached hydrogen (secondary N) is 1. The summed E-state index contributed by atoms with van der Waals surface area (Å²) in [5, 5.41) is 11.6. The van der Waals surface area contributed by atoms with Crippen molar-refractivity contribution in [2.24, 2.45) is 0 Å². The molecule has 2 heterocycles. The second-order valence-corrected chi connectivity index (χ2v) is 9.07. The van der Waals surface area contributed by atoms with Gasteiger partial charge in [-0.2, -0.15) is 0 Å². The van der Waals surface area contributed by atoms with Gasteiger partial charge in [-0.05, 0) is 60.0 Å². The summed E-state index contributed by atoms with van der Waals surface area (Å²) in [5.41, 5.74) is 3.63. The molecule has 0 bridgehead atoms. The Bertz CT molecular complexity index is 1310. The molecular formula is C22H19F2N3O3S. The number of sulfonamides is 1. The molecule has 0 radical (unpaired) electrons. The molecule has 0 aliphatic carbocycles. The van der Waals surface area contributed by atoms with Crippen molar-refractivity contribution in [1.29, 1.82) is 0 Å². The molecule has 3 aromatic rings. The normalized spacial score (nSPS) is 15.6. The van der Waals surface area contributed by atoms with E-state index in [1.165, 1.54) is 24.5 Å². The van der Waals surface area contributed by atoms with E-state index in [0.717, 1.165) is 22.9 Å². The Labute approximate surface area is 178 Å². The van der Waals surface area contributed by atoms with Crippen LogP contribution in [0.5, 0.6) is 0 Å². The van der Waals surface area contributed by atoms with E-state index in [0.29, 0.717) is 28.1 Å². The van der Waals surface area contributed by atoms with Crippen LogP contribution in [0.25, 0.3) is 17.2 Å². The van der Waals surface area contributed by atoms with Gasteiger partial charge in [-0.1, -0.05) is 6.07 Å². The largest absolute Gasteiger partial charge is 0.288 e. The lowest BCUT2D eigenvalue weighted by molar-refractivity contribution is -0.0698. The molecule has 0 saturated heterocycles. The van der Waals surface area contributed by atoms with E-state index in [1.54, 1.807) is 37.3 Å². The maximum Gasteiger partial charge on any atom is 0.229 e. The van der Waals surface area contributed by atoms with Gasteiger partial charge in [0.25, 0.3) is 0 Å². The fraction of sp³-hybridized carbons (Fsp3) is 0.136. The van der Waals surface area contributed by atoms with Gasteiger partial charge >= 0.3 is 0 Å². The molecule has 160 valence electrons. The summed E-state index contributed by atoms with van der Waals surface area (Å²) in [6.45, 7) is 1.79. The van der Waals surface area contributed by atoms with Crippen LogP contribution in [0.4, 0.5) is 14.5 Å². The van der Waals surface area contributed by atoms with Gasteiger partial charge in [-0.15, -0.1) is 0 Å². The third kappa shape index (κ3) is 4.14. The van der Waals surface area contributed by atoms with Crippen molar-refractivity contribution >= 4 is 21.8 Å². The molecule has 1 atom stereocenters. The lowest BCUT2D eigenvalue weighted by atomic mass is 9.89. The number of aryl methyl sites for hydroxylation is 1. The predicted octanol–water partition coefficient (Wildman–Crippen LogP) is 4.47. The third-order valence-electron chi connectivity index (χ3n) is 5.03. The average molecular weight is 443 g/mol. The van der Waals surface area contributed by atoms with Crippen LogP contribution < -0.4 is 4.72 Å². The van der Waals surface area contributed by atoms with Crippen LogP contribution in [-0.2, 0) is 10.0 Å². The van der Waals surface area contributed by atoms with E-state index in [-0.39, 0.29) is 5.56 Å². The summed E-state index contributed by atoms with van der Waals surface area (Å²) < 4.78 is 53.2. The molecule has 0 spiro atoms. The summed E-state index contributed by atoms with van der Waals surface area (Å²) >= 11 is 0. The van der Waals surface area contributed by atoms with Gasteiger partial charge in [-0.25, -0.2) is 17.2 Å². The Kier molecular flexibility index (Phi) is 5.24. The Morgan fingerprint density at radius 2 is 1.87 bits per heavy atom. The summed E-state index contributed by atoms with van der Waals surface area (Å²) in [4.78, 5) is 4.42. The third-order valence-corrected chi connectivity index (χ3v) is 5.63. The fourth-order valence-electron chi connectivity index (χ4n) is 3.74. The molecule has 9 heteroatoms. The minimum absolute atomic E-state index is 0.222. The van der Waals surface area contributed by atoms with Gasteiger partial charge in [0.1, 0.15) is 17.7 Å². The molecule has 0 fully saturated rings. The Hall–Kier alpha value is -3.30. The first-order chi connectivity index (χ1) is 14.6. The number of halogens is 2. The second kappa shape index (κ2) is 7.75. The van der Waals surface area contributed by atoms with E-state index in [1.807, 2.05) is 0 Å². The zero-order valence-electron chi connectivity index (χ0n) is 16.7. The lowest BCUT2D eigenvalue weighted by Crippen LogP contribution is -2.26. The highest BCUT2D eigenvalue weighted by Crippen LogP contribution is 2.39. The number of rotatable bonds is 4. The molecule has 1 unspecified atom stereocenters. The molecule has 6 nitrogen and oxygen atoms in total. The van der Waals surface area contributed by atoms with Crippen LogP contribution in [0.1, 0.15) is 28.4 Å². The van der Waals surface area contributed by atoms with Crippen LogP contribution in [0.15, 0.2) is 54.9 Å². The molecule has 0 amide bonds. The standard InChI is InChI=1S/C22H19F2N3O3S/c1-13-11-15(26-31(2,29)30)4-6-16(13)22-21-19(8-10-27(22)28)17(7-9-25-21)18-5-3-14(23)12-20(18)24/h3-12,22,26,28H,1-2H3. The van der Waals surface area contributed by atoms with Gasteiger partial charge in [0.15, 0.2) is 0 Å². The number of benzene rings is 2. The maximum absolute atomic E-state index is 14.4. The first-order valence-corrected chi connectivity index (χ1v) is 11.2. The van der Waals surface area contributed by atoms with E-state index < -0.39 is 27.7 Å². The molecule has 2 N–H and O–H groups in total. The monoisotopic (exact) mass is 443 g/mol. The highest BCUT2D eigenvalue weighted by molar-refractivity contribution is 7.92. The fourth-order valence-corrected chi connectivity index (χ4v) is 4.29. The molecule has 0 saturated carbocycles. The number of hydroxylamine groups is 2. The van der Waals surface area contributed by atoms with E-state index in [2.05, 4.69) is 9.71 Å². The van der Waals surface area contributed by atoms with Crippen molar-refractivity contribution in [2.45, 2.75) is 13.0 Å². The highest BCUT2D eigenvalue weighted by atomic mass is 32.2. The molecular weight excluding hydrogens is 424 g/mol. The molecule has 4 rings (SSSR count). The molecule has 1 aliphatic heterocycles. The first kappa shape index (κ1) is 21.0. The smallest absolute Gasteiger partial charge is 0.229 e. The van der Waals surface area contributed by atoms with Gasteiger partial charge in [0.2, 0.25) is 10.0 Å². The van der Waals surface area contributed by atoms with Crippen LogP contribution in [-0.4, -0.2) is 29.9 Å².